The van der Waals surface area contributed by atoms with Gasteiger partial charge in [0.15, 0.2) is 5.82 Å². The molecule has 1 heterocycles. The van der Waals surface area contributed by atoms with Gasteiger partial charge in [-0.25, -0.2) is 0 Å². The summed E-state index contributed by atoms with van der Waals surface area (Å²) in [4.78, 5) is 6.89. The van der Waals surface area contributed by atoms with Crippen molar-refractivity contribution in [3.63, 3.8) is 0 Å². The smallest absolute Gasteiger partial charge is 0.249 e. The first-order valence-corrected chi connectivity index (χ1v) is 9.28. The largest absolute Gasteiger partial charge is 0.372 e. The molecule has 1 saturated carbocycles. The molecule has 134 valence electrons. The number of benzene rings is 1. The van der Waals surface area contributed by atoms with Gasteiger partial charge >= 0.3 is 0 Å². The molecular formula is C19H28N6. The Kier molecular flexibility index (Phi) is 5.68. The average Bonchev–Trinajstić information content (AvgIpc) is 3.12. The zero-order valence-corrected chi connectivity index (χ0v) is 15.4. The SMILES string of the molecule is CCN(CC)c1ccc(Nc2nncc(NC3CCCC3)n2)c(C)c1. The zero-order valence-electron chi connectivity index (χ0n) is 15.4. The lowest BCUT2D eigenvalue weighted by Gasteiger charge is -2.22. The van der Waals surface area contributed by atoms with Crippen molar-refractivity contribution in [2.75, 3.05) is 28.6 Å². The highest BCUT2D eigenvalue weighted by Gasteiger charge is 2.15. The second-order valence-electron chi connectivity index (χ2n) is 6.59. The quantitative estimate of drug-likeness (QED) is 0.790. The van der Waals surface area contributed by atoms with E-state index in [1.54, 1.807) is 6.20 Å². The Balaban J connectivity index is 1.71. The predicted octanol–water partition coefficient (Wildman–Crippen LogP) is 4.12. The van der Waals surface area contributed by atoms with Gasteiger partial charge in [-0.15, -0.1) is 5.10 Å². The molecule has 2 aromatic rings. The van der Waals surface area contributed by atoms with Crippen molar-refractivity contribution in [3.8, 4) is 0 Å². The molecule has 0 unspecified atom stereocenters. The van der Waals surface area contributed by atoms with Crippen LogP contribution in [-0.2, 0) is 0 Å². The molecule has 1 aliphatic rings. The molecule has 6 nitrogen and oxygen atoms in total. The summed E-state index contributed by atoms with van der Waals surface area (Å²) in [7, 11) is 0. The highest BCUT2D eigenvalue weighted by molar-refractivity contribution is 5.64. The highest BCUT2D eigenvalue weighted by atomic mass is 15.3. The first-order valence-electron chi connectivity index (χ1n) is 9.28. The third kappa shape index (κ3) is 4.38. The first kappa shape index (κ1) is 17.5. The van der Waals surface area contributed by atoms with Gasteiger partial charge in [0.2, 0.25) is 5.95 Å². The van der Waals surface area contributed by atoms with Gasteiger partial charge in [-0.2, -0.15) is 10.1 Å². The molecule has 2 N–H and O–H groups in total. The van der Waals surface area contributed by atoms with E-state index in [0.717, 1.165) is 24.6 Å². The molecule has 1 aliphatic carbocycles. The molecule has 0 spiro atoms. The summed E-state index contributed by atoms with van der Waals surface area (Å²) >= 11 is 0. The molecule has 1 fully saturated rings. The van der Waals surface area contributed by atoms with Crippen LogP contribution >= 0.6 is 0 Å². The Morgan fingerprint density at radius 1 is 1.16 bits per heavy atom. The molecule has 0 bridgehead atoms. The average molecular weight is 340 g/mol. The predicted molar refractivity (Wildman–Crippen MR) is 104 cm³/mol. The first-order chi connectivity index (χ1) is 12.2. The van der Waals surface area contributed by atoms with E-state index < -0.39 is 0 Å². The van der Waals surface area contributed by atoms with E-state index in [2.05, 4.69) is 69.7 Å². The summed E-state index contributed by atoms with van der Waals surface area (Å²) in [6, 6.07) is 6.93. The van der Waals surface area contributed by atoms with Crippen molar-refractivity contribution in [1.82, 2.24) is 15.2 Å². The number of aromatic nitrogens is 3. The lowest BCUT2D eigenvalue weighted by atomic mass is 10.1. The Morgan fingerprint density at radius 2 is 1.92 bits per heavy atom. The summed E-state index contributed by atoms with van der Waals surface area (Å²) in [5.41, 5.74) is 3.42. The number of nitrogens with zero attached hydrogens (tertiary/aromatic N) is 4. The number of aryl methyl sites for hydroxylation is 1. The molecule has 6 heteroatoms. The van der Waals surface area contributed by atoms with Gasteiger partial charge < -0.3 is 15.5 Å². The fourth-order valence-corrected chi connectivity index (χ4v) is 3.40. The summed E-state index contributed by atoms with van der Waals surface area (Å²) in [5.74, 6) is 1.32. The molecule has 0 saturated heterocycles. The standard InChI is InChI=1S/C19H28N6/c1-4-25(5-2)16-10-11-17(14(3)12-16)22-19-23-18(13-20-24-19)21-15-8-6-7-9-15/h10-13,15H,4-9H2,1-3H3,(H2,21,22,23,24). The van der Waals surface area contributed by atoms with Crippen LogP contribution in [0.2, 0.25) is 0 Å². The zero-order chi connectivity index (χ0) is 17.6. The fourth-order valence-electron chi connectivity index (χ4n) is 3.40. The van der Waals surface area contributed by atoms with Crippen LogP contribution in [0.1, 0.15) is 45.1 Å². The van der Waals surface area contributed by atoms with Crippen molar-refractivity contribution in [2.45, 2.75) is 52.5 Å². The molecule has 0 amide bonds. The van der Waals surface area contributed by atoms with Gasteiger partial charge in [-0.3, -0.25) is 0 Å². The van der Waals surface area contributed by atoms with Crippen LogP contribution in [0.25, 0.3) is 0 Å². The van der Waals surface area contributed by atoms with Crippen LogP contribution in [0, 0.1) is 6.92 Å². The summed E-state index contributed by atoms with van der Waals surface area (Å²) in [6.07, 6.45) is 6.69. The second-order valence-corrected chi connectivity index (χ2v) is 6.59. The van der Waals surface area contributed by atoms with Gasteiger partial charge in [-0.05, 0) is 57.4 Å². The summed E-state index contributed by atoms with van der Waals surface area (Å²) in [5, 5.41) is 15.0. The van der Waals surface area contributed by atoms with Gasteiger partial charge in [0, 0.05) is 30.5 Å². The van der Waals surface area contributed by atoms with Crippen LogP contribution in [0.5, 0.6) is 0 Å². The molecular weight excluding hydrogens is 312 g/mol. The number of hydrogen-bond donors (Lipinski definition) is 2. The van der Waals surface area contributed by atoms with E-state index in [1.807, 2.05) is 0 Å². The van der Waals surface area contributed by atoms with Crippen molar-refractivity contribution in [1.29, 1.82) is 0 Å². The Labute approximate surface area is 150 Å². The minimum Gasteiger partial charge on any atom is -0.372 e. The van der Waals surface area contributed by atoms with Crippen LogP contribution in [0.3, 0.4) is 0 Å². The lowest BCUT2D eigenvalue weighted by Crippen LogP contribution is -2.21. The molecule has 0 atom stereocenters. The van der Waals surface area contributed by atoms with Crippen molar-refractivity contribution in [2.24, 2.45) is 0 Å². The lowest BCUT2D eigenvalue weighted by molar-refractivity contribution is 0.747. The Morgan fingerprint density at radius 3 is 2.60 bits per heavy atom. The topological polar surface area (TPSA) is 66.0 Å². The number of hydrogen-bond acceptors (Lipinski definition) is 6. The normalized spacial score (nSPS) is 14.5. The third-order valence-corrected chi connectivity index (χ3v) is 4.85. The third-order valence-electron chi connectivity index (χ3n) is 4.85. The van der Waals surface area contributed by atoms with E-state index in [4.69, 9.17) is 0 Å². The van der Waals surface area contributed by atoms with Crippen LogP contribution in [-0.4, -0.2) is 34.3 Å². The Bertz CT molecular complexity index is 692. The summed E-state index contributed by atoms with van der Waals surface area (Å²) in [6.45, 7) is 8.46. The minimum atomic E-state index is 0.514. The minimum absolute atomic E-state index is 0.514. The van der Waals surface area contributed by atoms with E-state index >= 15 is 0 Å². The van der Waals surface area contributed by atoms with Crippen LogP contribution in [0.15, 0.2) is 24.4 Å². The van der Waals surface area contributed by atoms with Crippen molar-refractivity contribution in [3.05, 3.63) is 30.0 Å². The maximum absolute atomic E-state index is 4.56. The van der Waals surface area contributed by atoms with Gasteiger partial charge in [0.25, 0.3) is 0 Å². The van der Waals surface area contributed by atoms with Crippen LogP contribution < -0.4 is 15.5 Å². The van der Waals surface area contributed by atoms with E-state index in [0.29, 0.717) is 12.0 Å². The number of nitrogens with one attached hydrogen (secondary N) is 2. The molecule has 1 aromatic carbocycles. The molecule has 0 aliphatic heterocycles. The Hall–Kier alpha value is -2.37. The second kappa shape index (κ2) is 8.14. The monoisotopic (exact) mass is 340 g/mol. The molecule has 0 radical (unpaired) electrons. The fraction of sp³-hybridized carbons (Fsp3) is 0.526. The van der Waals surface area contributed by atoms with Crippen molar-refractivity contribution < 1.29 is 0 Å². The van der Waals surface area contributed by atoms with Gasteiger partial charge in [0.05, 0.1) is 6.20 Å². The van der Waals surface area contributed by atoms with Crippen molar-refractivity contribution >= 4 is 23.1 Å². The summed E-state index contributed by atoms with van der Waals surface area (Å²) < 4.78 is 0. The van der Waals surface area contributed by atoms with E-state index in [9.17, 15) is 0 Å². The van der Waals surface area contributed by atoms with E-state index in [-0.39, 0.29) is 0 Å². The molecule has 1 aromatic heterocycles. The van der Waals surface area contributed by atoms with Gasteiger partial charge in [0.1, 0.15) is 0 Å². The molecule has 25 heavy (non-hydrogen) atoms. The van der Waals surface area contributed by atoms with E-state index in [1.165, 1.54) is 36.9 Å². The number of rotatable bonds is 7. The highest BCUT2D eigenvalue weighted by Crippen LogP contribution is 2.25. The van der Waals surface area contributed by atoms with Gasteiger partial charge in [-0.1, -0.05) is 12.8 Å². The number of anilines is 4. The maximum atomic E-state index is 4.56. The molecule has 3 rings (SSSR count). The van der Waals surface area contributed by atoms with Crippen LogP contribution in [0.4, 0.5) is 23.1 Å². The maximum Gasteiger partial charge on any atom is 0.249 e.